The van der Waals surface area contributed by atoms with Crippen molar-refractivity contribution in [2.45, 2.75) is 19.3 Å². The van der Waals surface area contributed by atoms with Crippen LogP contribution in [0.15, 0.2) is 30.5 Å². The minimum Gasteiger partial charge on any atom is -0.341 e. The second-order valence-electron chi connectivity index (χ2n) is 6.89. The predicted octanol–water partition coefficient (Wildman–Crippen LogP) is 3.24. The molecule has 3 aromatic heterocycles. The number of likely N-dealkylation sites (N-methyl/N-ethyl adjacent to an activating group) is 1. The maximum Gasteiger partial charge on any atom is 0.256 e. The van der Waals surface area contributed by atoms with Crippen LogP contribution in [0.2, 0.25) is 0 Å². The number of hydrogen-bond acceptors (Lipinski definition) is 4. The van der Waals surface area contributed by atoms with Crippen LogP contribution < -0.4 is 5.32 Å². The Labute approximate surface area is 157 Å². The zero-order valence-corrected chi connectivity index (χ0v) is 15.5. The van der Waals surface area contributed by atoms with E-state index in [1.54, 1.807) is 11.1 Å². The molecule has 6 nitrogen and oxygen atoms in total. The molecule has 0 fully saturated rings. The van der Waals surface area contributed by atoms with Crippen molar-refractivity contribution in [3.8, 4) is 0 Å². The molecule has 0 aliphatic carbocycles. The lowest BCUT2D eigenvalue weighted by Crippen LogP contribution is -2.34. The van der Waals surface area contributed by atoms with E-state index in [9.17, 15) is 9.18 Å². The van der Waals surface area contributed by atoms with Crippen molar-refractivity contribution >= 4 is 28.6 Å². The number of alkyl halides is 1. The van der Waals surface area contributed by atoms with Gasteiger partial charge in [-0.2, -0.15) is 0 Å². The summed E-state index contributed by atoms with van der Waals surface area (Å²) < 4.78 is 14.3. The van der Waals surface area contributed by atoms with Gasteiger partial charge in [0.1, 0.15) is 17.3 Å². The molecule has 0 aromatic carbocycles. The van der Waals surface area contributed by atoms with E-state index in [0.29, 0.717) is 24.5 Å². The SMILES string of the molecule is CN1CCc2c(c3ccc(Nc4ccc(CCCF)cn4)nc3n2C)C1=O. The van der Waals surface area contributed by atoms with E-state index < -0.39 is 0 Å². The van der Waals surface area contributed by atoms with E-state index in [0.717, 1.165) is 40.8 Å². The summed E-state index contributed by atoms with van der Waals surface area (Å²) in [5, 5.41) is 4.08. The molecule has 7 heteroatoms. The largest absolute Gasteiger partial charge is 0.341 e. The monoisotopic (exact) mass is 367 g/mol. The van der Waals surface area contributed by atoms with Crippen LogP contribution in [-0.2, 0) is 19.9 Å². The number of pyridine rings is 2. The van der Waals surface area contributed by atoms with Crippen LogP contribution in [0.4, 0.5) is 16.0 Å². The molecule has 1 aliphatic heterocycles. The fourth-order valence-electron chi connectivity index (χ4n) is 3.57. The van der Waals surface area contributed by atoms with Crippen molar-refractivity contribution in [2.75, 3.05) is 25.6 Å². The van der Waals surface area contributed by atoms with Crippen molar-refractivity contribution in [1.82, 2.24) is 19.4 Å². The van der Waals surface area contributed by atoms with Gasteiger partial charge in [-0.05, 0) is 36.6 Å². The molecule has 0 atom stereocenters. The highest BCUT2D eigenvalue weighted by molar-refractivity contribution is 6.08. The molecule has 27 heavy (non-hydrogen) atoms. The lowest BCUT2D eigenvalue weighted by atomic mass is 10.1. The van der Waals surface area contributed by atoms with Crippen LogP contribution in [0.1, 0.15) is 28.0 Å². The number of halogens is 1. The lowest BCUT2D eigenvalue weighted by molar-refractivity contribution is 0.0781. The van der Waals surface area contributed by atoms with Gasteiger partial charge in [0.05, 0.1) is 12.2 Å². The van der Waals surface area contributed by atoms with Crippen molar-refractivity contribution in [1.29, 1.82) is 0 Å². The van der Waals surface area contributed by atoms with Crippen LogP contribution in [-0.4, -0.2) is 45.6 Å². The van der Waals surface area contributed by atoms with Gasteiger partial charge in [0, 0.05) is 44.3 Å². The smallest absolute Gasteiger partial charge is 0.256 e. The molecule has 0 saturated carbocycles. The number of nitrogens with zero attached hydrogens (tertiary/aromatic N) is 4. The molecule has 1 N–H and O–H groups in total. The molecule has 0 radical (unpaired) electrons. The Balaban J connectivity index is 1.63. The third-order valence-corrected chi connectivity index (χ3v) is 5.08. The van der Waals surface area contributed by atoms with Crippen LogP contribution in [0, 0.1) is 0 Å². The van der Waals surface area contributed by atoms with Crippen molar-refractivity contribution in [2.24, 2.45) is 7.05 Å². The van der Waals surface area contributed by atoms with Gasteiger partial charge in [-0.25, -0.2) is 9.97 Å². The Morgan fingerprint density at radius 1 is 1.19 bits per heavy atom. The topological polar surface area (TPSA) is 63.0 Å². The zero-order valence-electron chi connectivity index (χ0n) is 15.5. The summed E-state index contributed by atoms with van der Waals surface area (Å²) in [4.78, 5) is 23.4. The molecule has 3 aromatic rings. The summed E-state index contributed by atoms with van der Waals surface area (Å²) in [5.74, 6) is 1.40. The first kappa shape index (κ1) is 17.5. The highest BCUT2D eigenvalue weighted by atomic mass is 19.1. The minimum atomic E-state index is -0.317. The highest BCUT2D eigenvalue weighted by Gasteiger charge is 2.28. The summed E-state index contributed by atoms with van der Waals surface area (Å²) in [6, 6.07) is 7.62. The summed E-state index contributed by atoms with van der Waals surface area (Å²) in [5.41, 5.74) is 3.59. The number of aryl methyl sites for hydroxylation is 2. The standard InChI is InChI=1S/C20H22FN5O/c1-25-11-9-15-18(20(25)27)14-6-8-17(24-19(14)26(15)2)23-16-7-5-13(12-22-16)4-3-10-21/h5-8,12H,3-4,9-11H2,1-2H3,(H,22,23,24). The summed E-state index contributed by atoms with van der Waals surface area (Å²) in [7, 11) is 3.78. The normalized spacial score (nSPS) is 13.9. The fraction of sp³-hybridized carbons (Fsp3) is 0.350. The molecular formula is C20H22FN5O. The number of carbonyl (C=O) groups excluding carboxylic acids is 1. The summed E-state index contributed by atoms with van der Waals surface area (Å²) in [6.45, 7) is 0.405. The second kappa shape index (κ2) is 6.98. The number of aromatic nitrogens is 3. The lowest BCUT2D eigenvalue weighted by Gasteiger charge is -2.23. The predicted molar refractivity (Wildman–Crippen MR) is 103 cm³/mol. The van der Waals surface area contributed by atoms with Gasteiger partial charge in [0.2, 0.25) is 0 Å². The third kappa shape index (κ3) is 3.13. The van der Waals surface area contributed by atoms with Gasteiger partial charge in [-0.3, -0.25) is 9.18 Å². The Bertz CT molecular complexity index is 996. The number of nitrogens with one attached hydrogen (secondary N) is 1. The van der Waals surface area contributed by atoms with E-state index in [1.165, 1.54) is 0 Å². The van der Waals surface area contributed by atoms with Crippen LogP contribution in [0.25, 0.3) is 11.0 Å². The average molecular weight is 367 g/mol. The average Bonchev–Trinajstić information content (AvgIpc) is 2.97. The zero-order chi connectivity index (χ0) is 19.0. The van der Waals surface area contributed by atoms with Gasteiger partial charge in [-0.1, -0.05) is 6.07 Å². The molecule has 140 valence electrons. The molecule has 0 unspecified atom stereocenters. The van der Waals surface area contributed by atoms with Crippen LogP contribution in [0.3, 0.4) is 0 Å². The number of carbonyl (C=O) groups is 1. The van der Waals surface area contributed by atoms with Crippen molar-refractivity contribution in [3.63, 3.8) is 0 Å². The number of hydrogen-bond donors (Lipinski definition) is 1. The molecule has 0 bridgehead atoms. The second-order valence-corrected chi connectivity index (χ2v) is 6.89. The van der Waals surface area contributed by atoms with E-state index in [-0.39, 0.29) is 12.6 Å². The molecule has 4 heterocycles. The van der Waals surface area contributed by atoms with E-state index in [1.807, 2.05) is 42.9 Å². The van der Waals surface area contributed by atoms with E-state index >= 15 is 0 Å². The first-order chi connectivity index (χ1) is 13.1. The first-order valence-corrected chi connectivity index (χ1v) is 9.10. The molecular weight excluding hydrogens is 345 g/mol. The fourth-order valence-corrected chi connectivity index (χ4v) is 3.57. The molecule has 4 rings (SSSR count). The molecule has 1 amide bonds. The molecule has 1 aliphatic rings. The van der Waals surface area contributed by atoms with E-state index in [2.05, 4.69) is 10.3 Å². The van der Waals surface area contributed by atoms with Gasteiger partial charge >= 0.3 is 0 Å². The number of amides is 1. The van der Waals surface area contributed by atoms with Crippen LogP contribution in [0.5, 0.6) is 0 Å². The van der Waals surface area contributed by atoms with Gasteiger partial charge in [0.15, 0.2) is 0 Å². The highest BCUT2D eigenvalue weighted by Crippen LogP contribution is 2.30. The third-order valence-electron chi connectivity index (χ3n) is 5.08. The van der Waals surface area contributed by atoms with Crippen molar-refractivity contribution < 1.29 is 9.18 Å². The summed E-state index contributed by atoms with van der Waals surface area (Å²) in [6.07, 6.45) is 3.78. The van der Waals surface area contributed by atoms with Gasteiger partial charge < -0.3 is 14.8 Å². The van der Waals surface area contributed by atoms with E-state index in [4.69, 9.17) is 4.98 Å². The Morgan fingerprint density at radius 2 is 2.00 bits per heavy atom. The Hall–Kier alpha value is -2.96. The number of anilines is 2. The number of rotatable bonds is 5. The van der Waals surface area contributed by atoms with Crippen molar-refractivity contribution in [3.05, 3.63) is 47.3 Å². The minimum absolute atomic E-state index is 0.0508. The first-order valence-electron chi connectivity index (χ1n) is 9.10. The number of fused-ring (bicyclic) bond motifs is 3. The quantitative estimate of drug-likeness (QED) is 0.752. The van der Waals surface area contributed by atoms with Gasteiger partial charge in [-0.15, -0.1) is 0 Å². The van der Waals surface area contributed by atoms with Crippen LogP contribution >= 0.6 is 0 Å². The maximum absolute atomic E-state index is 12.6. The molecule has 0 spiro atoms. The van der Waals surface area contributed by atoms with Gasteiger partial charge in [0.25, 0.3) is 5.91 Å². The Kier molecular flexibility index (Phi) is 4.51. The Morgan fingerprint density at radius 3 is 2.74 bits per heavy atom. The molecule has 0 saturated heterocycles. The maximum atomic E-state index is 12.6. The summed E-state index contributed by atoms with van der Waals surface area (Å²) >= 11 is 0.